The monoisotopic (exact) mass is 465 g/mol. The molecule has 0 bridgehead atoms. The molecule has 0 spiro atoms. The van der Waals surface area contributed by atoms with E-state index in [1.54, 1.807) is 0 Å². The predicted octanol–water partition coefficient (Wildman–Crippen LogP) is 6.05. The number of fused-ring (bicyclic) bond motifs is 1. The number of anilines is 1. The number of benzene rings is 3. The zero-order valence-electron chi connectivity index (χ0n) is 18.9. The summed E-state index contributed by atoms with van der Waals surface area (Å²) in [5, 5.41) is 5.37. The molecule has 0 saturated carbocycles. The first-order chi connectivity index (χ1) is 16.5. The summed E-state index contributed by atoms with van der Waals surface area (Å²) in [5.74, 6) is -0.268. The Morgan fingerprint density at radius 1 is 0.912 bits per heavy atom. The molecule has 3 aromatic carbocycles. The van der Waals surface area contributed by atoms with Gasteiger partial charge < -0.3 is 5.32 Å². The molecule has 34 heavy (non-hydrogen) atoms. The van der Waals surface area contributed by atoms with Gasteiger partial charge in [-0.1, -0.05) is 60.7 Å². The van der Waals surface area contributed by atoms with Gasteiger partial charge in [-0.3, -0.25) is 14.2 Å². The second-order valence-corrected chi connectivity index (χ2v) is 9.16. The molecule has 1 N–H and O–H groups in total. The molecule has 5 rings (SSSR count). The van der Waals surface area contributed by atoms with Crippen molar-refractivity contribution >= 4 is 33.1 Å². The van der Waals surface area contributed by atoms with Crippen molar-refractivity contribution in [3.63, 3.8) is 0 Å². The first-order valence-electron chi connectivity index (χ1n) is 11.0. The van der Waals surface area contributed by atoms with Crippen LogP contribution in [0.3, 0.4) is 0 Å². The van der Waals surface area contributed by atoms with E-state index in [0.29, 0.717) is 15.9 Å². The van der Waals surface area contributed by atoms with Gasteiger partial charge in [0.2, 0.25) is 5.91 Å². The van der Waals surface area contributed by atoms with Gasteiger partial charge in [-0.25, -0.2) is 4.98 Å². The Morgan fingerprint density at radius 3 is 2.35 bits per heavy atom. The molecule has 5 nitrogen and oxygen atoms in total. The molecule has 2 aromatic heterocycles. The van der Waals surface area contributed by atoms with Crippen LogP contribution < -0.4 is 10.9 Å². The predicted molar refractivity (Wildman–Crippen MR) is 139 cm³/mol. The number of thiophene rings is 1. The standard InChI is InChI=1S/C28H23N3O2S/c1-18-8-13-23(14-19(18)2)30-25(32)15-31-17-29-27-26(28(31)33)24(16-34-27)22-11-9-21(10-12-22)20-6-4-3-5-7-20/h3-14,16-17H,15H2,1-2H3,(H,30,32). The van der Waals surface area contributed by atoms with Crippen LogP contribution in [0.1, 0.15) is 11.1 Å². The number of carbonyl (C=O) groups is 1. The zero-order chi connectivity index (χ0) is 23.7. The molecule has 0 unspecified atom stereocenters. The Kier molecular flexibility index (Phi) is 5.82. The fourth-order valence-electron chi connectivity index (χ4n) is 3.94. The summed E-state index contributed by atoms with van der Waals surface area (Å²) in [6.07, 6.45) is 1.45. The van der Waals surface area contributed by atoms with Crippen molar-refractivity contribution in [2.24, 2.45) is 0 Å². The van der Waals surface area contributed by atoms with Crippen molar-refractivity contribution < 1.29 is 4.79 Å². The van der Waals surface area contributed by atoms with Gasteiger partial charge in [-0.15, -0.1) is 11.3 Å². The lowest BCUT2D eigenvalue weighted by molar-refractivity contribution is -0.116. The molecule has 168 valence electrons. The lowest BCUT2D eigenvalue weighted by atomic mass is 10.0. The molecule has 0 fully saturated rings. The fraction of sp³-hybridized carbons (Fsp3) is 0.107. The number of aromatic nitrogens is 2. The lowest BCUT2D eigenvalue weighted by Gasteiger charge is -2.09. The second kappa shape index (κ2) is 9.08. The third kappa shape index (κ3) is 4.28. The Bertz CT molecular complexity index is 1550. The quantitative estimate of drug-likeness (QED) is 0.344. The zero-order valence-corrected chi connectivity index (χ0v) is 19.7. The number of hydrogen-bond acceptors (Lipinski definition) is 4. The molecule has 0 aliphatic rings. The van der Waals surface area contributed by atoms with E-state index in [9.17, 15) is 9.59 Å². The highest BCUT2D eigenvalue weighted by Crippen LogP contribution is 2.32. The largest absolute Gasteiger partial charge is 0.325 e. The number of aryl methyl sites for hydroxylation is 2. The van der Waals surface area contributed by atoms with E-state index < -0.39 is 0 Å². The summed E-state index contributed by atoms with van der Waals surface area (Å²) in [6, 6.07) is 24.1. The van der Waals surface area contributed by atoms with Crippen LogP contribution in [0, 0.1) is 13.8 Å². The van der Waals surface area contributed by atoms with Crippen molar-refractivity contribution in [3.8, 4) is 22.3 Å². The molecule has 1 amide bonds. The van der Waals surface area contributed by atoms with Crippen LogP contribution in [-0.2, 0) is 11.3 Å². The Morgan fingerprint density at radius 2 is 1.62 bits per heavy atom. The molecule has 0 atom stereocenters. The number of nitrogens with zero attached hydrogens (tertiary/aromatic N) is 2. The number of amides is 1. The first kappa shape index (κ1) is 21.8. The SMILES string of the molecule is Cc1ccc(NC(=O)Cn2cnc3scc(-c4ccc(-c5ccccc5)cc4)c3c2=O)cc1C. The molecule has 0 aliphatic carbocycles. The average molecular weight is 466 g/mol. The molecule has 0 saturated heterocycles. The summed E-state index contributed by atoms with van der Waals surface area (Å²) < 4.78 is 1.37. The summed E-state index contributed by atoms with van der Waals surface area (Å²) in [5.41, 5.74) is 6.78. The highest BCUT2D eigenvalue weighted by atomic mass is 32.1. The van der Waals surface area contributed by atoms with Crippen molar-refractivity contribution in [1.82, 2.24) is 9.55 Å². The van der Waals surface area contributed by atoms with Gasteiger partial charge in [0.25, 0.3) is 5.56 Å². The van der Waals surface area contributed by atoms with Crippen LogP contribution in [0.2, 0.25) is 0 Å². The minimum Gasteiger partial charge on any atom is -0.325 e. The van der Waals surface area contributed by atoms with E-state index in [0.717, 1.165) is 33.4 Å². The maximum Gasteiger partial charge on any atom is 0.263 e. The van der Waals surface area contributed by atoms with Gasteiger partial charge in [-0.05, 0) is 53.8 Å². The molecule has 6 heteroatoms. The van der Waals surface area contributed by atoms with Crippen LogP contribution in [0.5, 0.6) is 0 Å². The minimum absolute atomic E-state index is 0.100. The highest BCUT2D eigenvalue weighted by molar-refractivity contribution is 7.17. The Balaban J connectivity index is 1.43. The van der Waals surface area contributed by atoms with Gasteiger partial charge >= 0.3 is 0 Å². The third-order valence-electron chi connectivity index (χ3n) is 5.97. The van der Waals surface area contributed by atoms with Gasteiger partial charge in [0.05, 0.1) is 11.7 Å². The van der Waals surface area contributed by atoms with E-state index in [-0.39, 0.29) is 18.0 Å². The van der Waals surface area contributed by atoms with Crippen molar-refractivity contribution in [1.29, 1.82) is 0 Å². The Hall–Kier alpha value is -4.03. The minimum atomic E-state index is -0.268. The number of carbonyl (C=O) groups excluding carboxylic acids is 1. The number of nitrogens with one attached hydrogen (secondary N) is 1. The summed E-state index contributed by atoms with van der Waals surface area (Å²) in [7, 11) is 0. The van der Waals surface area contributed by atoms with E-state index in [4.69, 9.17) is 0 Å². The summed E-state index contributed by atoms with van der Waals surface area (Å²) in [6.45, 7) is 3.92. The van der Waals surface area contributed by atoms with Gasteiger partial charge in [0, 0.05) is 16.6 Å². The second-order valence-electron chi connectivity index (χ2n) is 8.30. The first-order valence-corrected chi connectivity index (χ1v) is 11.9. The van der Waals surface area contributed by atoms with Crippen molar-refractivity contribution in [2.75, 3.05) is 5.32 Å². The topological polar surface area (TPSA) is 64.0 Å². The number of rotatable bonds is 5. The molecule has 0 radical (unpaired) electrons. The molecular weight excluding hydrogens is 442 g/mol. The van der Waals surface area contributed by atoms with Crippen LogP contribution in [0.4, 0.5) is 5.69 Å². The smallest absolute Gasteiger partial charge is 0.263 e. The normalized spacial score (nSPS) is 11.0. The fourth-order valence-corrected chi connectivity index (χ4v) is 4.85. The van der Waals surface area contributed by atoms with E-state index in [1.807, 2.05) is 67.8 Å². The summed E-state index contributed by atoms with van der Waals surface area (Å²) >= 11 is 1.43. The Labute approximate surface area is 201 Å². The molecule has 0 aliphatic heterocycles. The van der Waals surface area contributed by atoms with Gasteiger partial charge in [-0.2, -0.15) is 0 Å². The highest BCUT2D eigenvalue weighted by Gasteiger charge is 2.15. The van der Waals surface area contributed by atoms with Crippen LogP contribution >= 0.6 is 11.3 Å². The third-order valence-corrected chi connectivity index (χ3v) is 6.85. The summed E-state index contributed by atoms with van der Waals surface area (Å²) in [4.78, 5) is 31.0. The van der Waals surface area contributed by atoms with Crippen LogP contribution in [-0.4, -0.2) is 15.5 Å². The van der Waals surface area contributed by atoms with Crippen molar-refractivity contribution in [2.45, 2.75) is 20.4 Å². The van der Waals surface area contributed by atoms with Crippen LogP contribution in [0.25, 0.3) is 32.5 Å². The molecular formula is C28H23N3O2S. The lowest BCUT2D eigenvalue weighted by Crippen LogP contribution is -2.27. The van der Waals surface area contributed by atoms with Gasteiger partial charge in [0.1, 0.15) is 11.4 Å². The van der Waals surface area contributed by atoms with E-state index >= 15 is 0 Å². The van der Waals surface area contributed by atoms with Gasteiger partial charge in [0.15, 0.2) is 0 Å². The molecule has 5 aromatic rings. The van der Waals surface area contributed by atoms with Crippen molar-refractivity contribution in [3.05, 3.63) is 106 Å². The molecule has 2 heterocycles. The van der Waals surface area contributed by atoms with E-state index in [2.05, 4.69) is 34.6 Å². The number of hydrogen-bond donors (Lipinski definition) is 1. The average Bonchev–Trinajstić information content (AvgIpc) is 3.29. The van der Waals surface area contributed by atoms with E-state index in [1.165, 1.54) is 22.2 Å². The van der Waals surface area contributed by atoms with Crippen LogP contribution in [0.15, 0.2) is 89.3 Å². The maximum absolute atomic E-state index is 13.3. The maximum atomic E-state index is 13.3.